The molecule has 2 rings (SSSR count). The Morgan fingerprint density at radius 3 is 1.67 bits per heavy atom. The molecule has 0 bridgehead atoms. The maximum Gasteiger partial charge on any atom is -0.0120 e. The van der Waals surface area contributed by atoms with E-state index in [2.05, 4.69) is 65.8 Å². The van der Waals surface area contributed by atoms with Crippen LogP contribution in [0.2, 0.25) is 0 Å². The van der Waals surface area contributed by atoms with Crippen molar-refractivity contribution < 1.29 is 0 Å². The van der Waals surface area contributed by atoms with E-state index in [9.17, 15) is 0 Å². The minimum atomic E-state index is 1.37. The maximum atomic E-state index is 2.27. The first-order valence-corrected chi connectivity index (χ1v) is 6.57. The highest BCUT2D eigenvalue weighted by Gasteiger charge is 2.11. The standard InChI is InChI=1S/C18H22/c1-11-9-10-17(16(6)14(11)4)18-13(3)8-7-12(2)15(18)5/h7-10H,1-6H3. The van der Waals surface area contributed by atoms with Gasteiger partial charge in [-0.25, -0.2) is 0 Å². The third-order valence-electron chi connectivity index (χ3n) is 4.27. The summed E-state index contributed by atoms with van der Waals surface area (Å²) in [7, 11) is 0. The predicted molar refractivity (Wildman–Crippen MR) is 80.3 cm³/mol. The Kier molecular flexibility index (Phi) is 3.30. The molecule has 0 atom stereocenters. The molecule has 0 radical (unpaired) electrons. The lowest BCUT2D eigenvalue weighted by atomic mass is 9.88. The lowest BCUT2D eigenvalue weighted by Crippen LogP contribution is -1.96. The zero-order chi connectivity index (χ0) is 13.4. The van der Waals surface area contributed by atoms with E-state index in [0.717, 1.165) is 0 Å². The molecule has 0 aromatic heterocycles. The fourth-order valence-corrected chi connectivity index (χ4v) is 2.59. The van der Waals surface area contributed by atoms with Crippen LogP contribution in [-0.4, -0.2) is 0 Å². The van der Waals surface area contributed by atoms with E-state index >= 15 is 0 Å². The van der Waals surface area contributed by atoms with Gasteiger partial charge in [0.25, 0.3) is 0 Å². The topological polar surface area (TPSA) is 0 Å². The molecule has 0 unspecified atom stereocenters. The van der Waals surface area contributed by atoms with Gasteiger partial charge >= 0.3 is 0 Å². The maximum absolute atomic E-state index is 2.27. The van der Waals surface area contributed by atoms with Gasteiger partial charge in [-0.2, -0.15) is 0 Å². The summed E-state index contributed by atoms with van der Waals surface area (Å²) in [4.78, 5) is 0. The first-order valence-electron chi connectivity index (χ1n) is 6.57. The second kappa shape index (κ2) is 4.61. The Labute approximate surface area is 111 Å². The number of hydrogen-bond donors (Lipinski definition) is 0. The van der Waals surface area contributed by atoms with Crippen LogP contribution in [0.4, 0.5) is 0 Å². The Balaban J connectivity index is 2.78. The average Bonchev–Trinajstić information content (AvgIpc) is 2.34. The van der Waals surface area contributed by atoms with Crippen LogP contribution in [0.5, 0.6) is 0 Å². The van der Waals surface area contributed by atoms with Gasteiger partial charge in [-0.05, 0) is 86.1 Å². The Hall–Kier alpha value is -1.56. The lowest BCUT2D eigenvalue weighted by Gasteiger charge is -2.17. The number of aryl methyl sites for hydroxylation is 3. The molecule has 0 heteroatoms. The predicted octanol–water partition coefficient (Wildman–Crippen LogP) is 5.20. The van der Waals surface area contributed by atoms with Crippen molar-refractivity contribution in [2.24, 2.45) is 0 Å². The molecule has 0 N–H and O–H groups in total. The van der Waals surface area contributed by atoms with Crippen LogP contribution in [0.3, 0.4) is 0 Å². The molecule has 0 aliphatic carbocycles. The second-order valence-electron chi connectivity index (χ2n) is 5.38. The van der Waals surface area contributed by atoms with Gasteiger partial charge in [0.05, 0.1) is 0 Å². The quantitative estimate of drug-likeness (QED) is 0.640. The van der Waals surface area contributed by atoms with Gasteiger partial charge in [0, 0.05) is 0 Å². The van der Waals surface area contributed by atoms with Crippen LogP contribution in [-0.2, 0) is 0 Å². The van der Waals surface area contributed by atoms with Crippen molar-refractivity contribution in [2.75, 3.05) is 0 Å². The van der Waals surface area contributed by atoms with E-state index in [-0.39, 0.29) is 0 Å². The molecule has 0 aliphatic rings. The zero-order valence-electron chi connectivity index (χ0n) is 12.3. The van der Waals surface area contributed by atoms with E-state index in [1.807, 2.05) is 0 Å². The Bertz CT molecular complexity index is 604. The van der Waals surface area contributed by atoms with E-state index in [0.29, 0.717) is 0 Å². The van der Waals surface area contributed by atoms with Gasteiger partial charge < -0.3 is 0 Å². The summed E-state index contributed by atoms with van der Waals surface area (Å²) in [5.41, 5.74) is 11.1. The third kappa shape index (κ3) is 1.96. The average molecular weight is 238 g/mol. The van der Waals surface area contributed by atoms with Crippen LogP contribution < -0.4 is 0 Å². The molecule has 0 amide bonds. The lowest BCUT2D eigenvalue weighted by molar-refractivity contribution is 1.24. The molecular formula is C18H22. The molecule has 18 heavy (non-hydrogen) atoms. The number of benzene rings is 2. The van der Waals surface area contributed by atoms with Gasteiger partial charge in [0.1, 0.15) is 0 Å². The van der Waals surface area contributed by atoms with Crippen molar-refractivity contribution >= 4 is 0 Å². The molecule has 0 aliphatic heterocycles. The highest BCUT2D eigenvalue weighted by molar-refractivity contribution is 5.75. The monoisotopic (exact) mass is 238 g/mol. The third-order valence-corrected chi connectivity index (χ3v) is 4.27. The minimum absolute atomic E-state index is 1.37. The highest BCUT2D eigenvalue weighted by Crippen LogP contribution is 2.33. The first kappa shape index (κ1) is 12.9. The van der Waals surface area contributed by atoms with Crippen molar-refractivity contribution in [1.29, 1.82) is 0 Å². The van der Waals surface area contributed by atoms with E-state index in [1.165, 1.54) is 44.5 Å². The van der Waals surface area contributed by atoms with Gasteiger partial charge in [-0.15, -0.1) is 0 Å². The van der Waals surface area contributed by atoms with Gasteiger partial charge in [0.2, 0.25) is 0 Å². The molecule has 2 aromatic carbocycles. The molecular weight excluding hydrogens is 216 g/mol. The molecule has 0 fully saturated rings. The molecule has 0 heterocycles. The summed E-state index contributed by atoms with van der Waals surface area (Å²) in [5, 5.41) is 0. The Morgan fingerprint density at radius 1 is 0.500 bits per heavy atom. The van der Waals surface area contributed by atoms with Gasteiger partial charge in [0.15, 0.2) is 0 Å². The minimum Gasteiger partial charge on any atom is -0.0588 e. The number of hydrogen-bond acceptors (Lipinski definition) is 0. The summed E-state index contributed by atoms with van der Waals surface area (Å²) >= 11 is 0. The molecule has 0 spiro atoms. The van der Waals surface area contributed by atoms with Crippen molar-refractivity contribution in [3.05, 3.63) is 57.6 Å². The van der Waals surface area contributed by atoms with Crippen LogP contribution in [0.15, 0.2) is 24.3 Å². The fraction of sp³-hybridized carbons (Fsp3) is 0.333. The molecule has 0 saturated heterocycles. The fourth-order valence-electron chi connectivity index (χ4n) is 2.59. The van der Waals surface area contributed by atoms with Crippen molar-refractivity contribution in [3.8, 4) is 11.1 Å². The summed E-state index contributed by atoms with van der Waals surface area (Å²) in [6.45, 7) is 13.3. The molecule has 0 saturated carbocycles. The second-order valence-corrected chi connectivity index (χ2v) is 5.38. The van der Waals surface area contributed by atoms with Crippen molar-refractivity contribution in [3.63, 3.8) is 0 Å². The van der Waals surface area contributed by atoms with Gasteiger partial charge in [-0.3, -0.25) is 0 Å². The normalized spacial score (nSPS) is 10.8. The van der Waals surface area contributed by atoms with Crippen molar-refractivity contribution in [2.45, 2.75) is 41.5 Å². The van der Waals surface area contributed by atoms with Crippen LogP contribution in [0, 0.1) is 41.5 Å². The van der Waals surface area contributed by atoms with E-state index < -0.39 is 0 Å². The molecule has 2 aromatic rings. The Morgan fingerprint density at radius 2 is 1.00 bits per heavy atom. The van der Waals surface area contributed by atoms with E-state index in [1.54, 1.807) is 0 Å². The highest BCUT2D eigenvalue weighted by atomic mass is 14.2. The first-order chi connectivity index (χ1) is 8.43. The van der Waals surface area contributed by atoms with Crippen LogP contribution >= 0.6 is 0 Å². The SMILES string of the molecule is Cc1ccc(-c2c(C)ccc(C)c2C)c(C)c1C. The van der Waals surface area contributed by atoms with Crippen LogP contribution in [0.1, 0.15) is 33.4 Å². The summed E-state index contributed by atoms with van der Waals surface area (Å²) in [5.74, 6) is 0. The number of rotatable bonds is 1. The molecule has 94 valence electrons. The zero-order valence-corrected chi connectivity index (χ0v) is 12.3. The van der Waals surface area contributed by atoms with Gasteiger partial charge in [-0.1, -0.05) is 24.3 Å². The smallest absolute Gasteiger partial charge is 0.0120 e. The molecule has 0 nitrogen and oxygen atoms in total. The summed E-state index contributed by atoms with van der Waals surface area (Å²) < 4.78 is 0. The van der Waals surface area contributed by atoms with Crippen LogP contribution in [0.25, 0.3) is 11.1 Å². The summed E-state index contributed by atoms with van der Waals surface area (Å²) in [6.07, 6.45) is 0. The largest absolute Gasteiger partial charge is 0.0588 e. The summed E-state index contributed by atoms with van der Waals surface area (Å²) in [6, 6.07) is 8.95. The van der Waals surface area contributed by atoms with Crippen molar-refractivity contribution in [1.82, 2.24) is 0 Å². The van der Waals surface area contributed by atoms with E-state index in [4.69, 9.17) is 0 Å².